The van der Waals surface area contributed by atoms with E-state index in [0.717, 1.165) is 37.3 Å². The third kappa shape index (κ3) is 5.29. The molecule has 2 heterocycles. The highest BCUT2D eigenvalue weighted by Crippen LogP contribution is 2.46. The summed E-state index contributed by atoms with van der Waals surface area (Å²) in [5.74, 6) is -0.132. The Kier molecular flexibility index (Phi) is 7.75. The number of hydrogen-bond acceptors (Lipinski definition) is 5. The van der Waals surface area contributed by atoms with E-state index in [1.165, 1.54) is 12.1 Å². The lowest BCUT2D eigenvalue weighted by atomic mass is 9.68. The van der Waals surface area contributed by atoms with E-state index in [0.29, 0.717) is 17.5 Å². The Morgan fingerprint density at radius 3 is 2.41 bits per heavy atom. The van der Waals surface area contributed by atoms with E-state index in [1.807, 2.05) is 6.92 Å². The van der Waals surface area contributed by atoms with E-state index in [9.17, 15) is 22.8 Å². The van der Waals surface area contributed by atoms with Crippen LogP contribution in [0.1, 0.15) is 80.4 Å². The summed E-state index contributed by atoms with van der Waals surface area (Å²) >= 11 is 0. The summed E-state index contributed by atoms with van der Waals surface area (Å²) < 4.78 is 41.3. The smallest absolute Gasteiger partial charge is 0.266 e. The van der Waals surface area contributed by atoms with Crippen molar-refractivity contribution in [1.82, 2.24) is 14.9 Å². The average Bonchev–Trinajstić information content (AvgIpc) is 2.83. The normalized spacial score (nSPS) is 24.3. The molecule has 0 saturated heterocycles. The zero-order chi connectivity index (χ0) is 27.0. The molecule has 0 bridgehead atoms. The molecule has 2 aliphatic rings. The van der Waals surface area contributed by atoms with Crippen LogP contribution in [0.5, 0.6) is 0 Å². The summed E-state index contributed by atoms with van der Waals surface area (Å²) in [7, 11) is 3.52. The summed E-state index contributed by atoms with van der Waals surface area (Å²) in [6.07, 6.45) is 0.0774. The third-order valence-corrected chi connectivity index (χ3v) is 7.78. The minimum atomic E-state index is -2.92. The van der Waals surface area contributed by atoms with Gasteiger partial charge in [0.25, 0.3) is 6.43 Å². The van der Waals surface area contributed by atoms with Gasteiger partial charge in [-0.2, -0.15) is 0 Å². The van der Waals surface area contributed by atoms with Crippen molar-refractivity contribution in [1.29, 1.82) is 0 Å². The highest BCUT2D eigenvalue weighted by atomic mass is 19.3. The Bertz CT molecular complexity index is 1180. The maximum atomic E-state index is 14.8. The second-order valence-electron chi connectivity index (χ2n) is 10.4. The predicted molar refractivity (Wildman–Crippen MR) is 135 cm³/mol. The molecule has 37 heavy (non-hydrogen) atoms. The lowest BCUT2D eigenvalue weighted by Crippen LogP contribution is -2.41. The number of anilines is 2. The number of carbonyl (C=O) groups is 2. The second-order valence-corrected chi connectivity index (χ2v) is 10.4. The van der Waals surface area contributed by atoms with E-state index in [4.69, 9.17) is 0 Å². The number of aromatic nitrogens is 2. The number of nitrogens with one attached hydrogen (secondary N) is 2. The largest absolute Gasteiger partial charge is 0.363 e. The fraction of sp³-hybridized carbons (Fsp3) is 0.556. The Morgan fingerprint density at radius 2 is 1.78 bits per heavy atom. The molecule has 10 heteroatoms. The van der Waals surface area contributed by atoms with Gasteiger partial charge in [-0.25, -0.2) is 23.1 Å². The molecule has 1 aliphatic carbocycles. The minimum Gasteiger partial charge on any atom is -0.363 e. The Hall–Kier alpha value is -3.17. The Morgan fingerprint density at radius 1 is 1.14 bits per heavy atom. The molecule has 1 fully saturated rings. The van der Waals surface area contributed by atoms with Crippen LogP contribution >= 0.6 is 0 Å². The zero-order valence-electron chi connectivity index (χ0n) is 21.8. The molecule has 1 aromatic carbocycles. The fourth-order valence-electron chi connectivity index (χ4n) is 5.89. The number of fused-ring (bicyclic) bond motifs is 1. The number of alkyl halides is 2. The van der Waals surface area contributed by atoms with Gasteiger partial charge in [-0.3, -0.25) is 9.59 Å². The number of rotatable bonds is 6. The summed E-state index contributed by atoms with van der Waals surface area (Å²) in [5, 5.41) is 6.14. The first-order chi connectivity index (χ1) is 17.5. The van der Waals surface area contributed by atoms with Gasteiger partial charge in [0.05, 0.1) is 11.6 Å². The van der Waals surface area contributed by atoms with Gasteiger partial charge in [0.2, 0.25) is 11.8 Å². The van der Waals surface area contributed by atoms with Crippen LogP contribution in [-0.4, -0.2) is 40.8 Å². The standard InChI is InChI=1S/C27H34F3N5O2/c1-13-20(16-9-11-17(12-10-16)27(37)35(4)5)26(36)34-25-21(13)24(32-15(3)33-25)31-14(2)18-7-6-8-19(22(18)28)23(29)30/h6-8,13-14,16-17,20,23H,9-12H2,1-5H3,(H2,31,32,33,34,36)/t13?,14-,16?,17?,20?/m1/s1. The van der Waals surface area contributed by atoms with Crippen LogP contribution < -0.4 is 10.6 Å². The topological polar surface area (TPSA) is 87.2 Å². The Balaban J connectivity index is 1.60. The van der Waals surface area contributed by atoms with Gasteiger partial charge in [-0.15, -0.1) is 0 Å². The molecule has 200 valence electrons. The van der Waals surface area contributed by atoms with Crippen molar-refractivity contribution >= 4 is 23.5 Å². The van der Waals surface area contributed by atoms with E-state index >= 15 is 0 Å². The molecule has 7 nitrogen and oxygen atoms in total. The van der Waals surface area contributed by atoms with Crippen LogP contribution in [0.15, 0.2) is 18.2 Å². The predicted octanol–water partition coefficient (Wildman–Crippen LogP) is 5.60. The monoisotopic (exact) mass is 517 g/mol. The first-order valence-electron chi connectivity index (χ1n) is 12.7. The van der Waals surface area contributed by atoms with Crippen molar-refractivity contribution in [3.63, 3.8) is 0 Å². The molecule has 2 unspecified atom stereocenters. The van der Waals surface area contributed by atoms with Crippen LogP contribution in [-0.2, 0) is 9.59 Å². The average molecular weight is 518 g/mol. The Labute approximate surface area is 215 Å². The number of benzene rings is 1. The summed E-state index contributed by atoms with van der Waals surface area (Å²) in [4.78, 5) is 36.2. The van der Waals surface area contributed by atoms with Gasteiger partial charge in [0, 0.05) is 43.0 Å². The number of nitrogens with zero attached hydrogens (tertiary/aromatic N) is 3. The lowest BCUT2D eigenvalue weighted by molar-refractivity contribution is -0.134. The molecule has 2 aromatic rings. The van der Waals surface area contributed by atoms with Crippen molar-refractivity contribution in [3.05, 3.63) is 46.5 Å². The maximum absolute atomic E-state index is 14.8. The number of carbonyl (C=O) groups excluding carboxylic acids is 2. The molecule has 4 rings (SSSR count). The molecule has 2 amide bonds. The zero-order valence-corrected chi connectivity index (χ0v) is 21.8. The summed E-state index contributed by atoms with van der Waals surface area (Å²) in [6, 6.07) is 3.30. The van der Waals surface area contributed by atoms with Gasteiger partial charge in [-0.1, -0.05) is 25.1 Å². The number of halogens is 3. The molecule has 0 spiro atoms. The first kappa shape index (κ1) is 26.9. The molecule has 1 aromatic heterocycles. The van der Waals surface area contributed by atoms with Crippen molar-refractivity contribution in [2.75, 3.05) is 24.7 Å². The summed E-state index contributed by atoms with van der Waals surface area (Å²) in [6.45, 7) is 5.34. The highest BCUT2D eigenvalue weighted by molar-refractivity contribution is 5.96. The lowest BCUT2D eigenvalue weighted by Gasteiger charge is -2.39. The molecule has 0 radical (unpaired) electrons. The summed E-state index contributed by atoms with van der Waals surface area (Å²) in [5.41, 5.74) is 0.186. The minimum absolute atomic E-state index is 0.0246. The van der Waals surface area contributed by atoms with Crippen LogP contribution in [0, 0.1) is 30.5 Å². The van der Waals surface area contributed by atoms with Crippen molar-refractivity contribution < 1.29 is 22.8 Å². The van der Waals surface area contributed by atoms with Crippen LogP contribution in [0.2, 0.25) is 0 Å². The molecule has 1 aliphatic heterocycles. The first-order valence-corrected chi connectivity index (χ1v) is 12.7. The van der Waals surface area contributed by atoms with Crippen molar-refractivity contribution in [2.24, 2.45) is 17.8 Å². The van der Waals surface area contributed by atoms with Gasteiger partial charge >= 0.3 is 0 Å². The van der Waals surface area contributed by atoms with Gasteiger partial charge in [0.1, 0.15) is 23.3 Å². The van der Waals surface area contributed by atoms with Gasteiger partial charge in [0.15, 0.2) is 0 Å². The molecule has 3 atom stereocenters. The van der Waals surface area contributed by atoms with Crippen LogP contribution in [0.25, 0.3) is 0 Å². The fourth-order valence-corrected chi connectivity index (χ4v) is 5.89. The number of hydrogen-bond donors (Lipinski definition) is 2. The molecule has 2 N–H and O–H groups in total. The molecular weight excluding hydrogens is 483 g/mol. The SMILES string of the molecule is Cc1nc2c(c(N[C@H](C)c3cccc(C(F)F)c3F)n1)C(C)C(C1CCC(C(=O)N(C)C)CC1)C(=O)N2. The van der Waals surface area contributed by atoms with E-state index in [1.54, 1.807) is 32.8 Å². The molecule has 1 saturated carbocycles. The van der Waals surface area contributed by atoms with Crippen molar-refractivity contribution in [2.45, 2.75) is 64.8 Å². The molecular formula is C27H34F3N5O2. The van der Waals surface area contributed by atoms with E-state index in [2.05, 4.69) is 20.6 Å². The van der Waals surface area contributed by atoms with E-state index in [-0.39, 0.29) is 41.0 Å². The van der Waals surface area contributed by atoms with Gasteiger partial charge < -0.3 is 15.5 Å². The van der Waals surface area contributed by atoms with Crippen molar-refractivity contribution in [3.8, 4) is 0 Å². The second kappa shape index (κ2) is 10.7. The number of aryl methyl sites for hydroxylation is 1. The maximum Gasteiger partial charge on any atom is 0.266 e. The highest BCUT2D eigenvalue weighted by Gasteiger charge is 2.43. The van der Waals surface area contributed by atoms with E-state index < -0.39 is 23.8 Å². The van der Waals surface area contributed by atoms with Crippen LogP contribution in [0.3, 0.4) is 0 Å². The van der Waals surface area contributed by atoms with Gasteiger partial charge in [-0.05, 0) is 45.4 Å². The number of amides is 2. The third-order valence-electron chi connectivity index (χ3n) is 7.78. The quantitative estimate of drug-likeness (QED) is 0.521. The van der Waals surface area contributed by atoms with Crippen LogP contribution in [0.4, 0.5) is 24.8 Å².